The Labute approximate surface area is 118 Å². The zero-order chi connectivity index (χ0) is 13.8. The second-order valence-corrected chi connectivity index (χ2v) is 5.45. The number of nitrogens with one attached hydrogen (secondary N) is 3. The van der Waals surface area contributed by atoms with Gasteiger partial charge in [-0.3, -0.25) is 4.79 Å². The zero-order valence-electron chi connectivity index (χ0n) is 11.6. The van der Waals surface area contributed by atoms with Crippen LogP contribution < -0.4 is 10.6 Å². The Morgan fingerprint density at radius 1 is 1.25 bits per heavy atom. The zero-order valence-corrected chi connectivity index (χ0v) is 11.6. The van der Waals surface area contributed by atoms with Gasteiger partial charge in [0.1, 0.15) is 0 Å². The van der Waals surface area contributed by atoms with Crippen molar-refractivity contribution in [3.8, 4) is 0 Å². The van der Waals surface area contributed by atoms with Crippen molar-refractivity contribution in [3.63, 3.8) is 0 Å². The first-order chi connectivity index (χ1) is 9.84. The topological polar surface area (TPSA) is 56.9 Å². The Balaban J connectivity index is 1.63. The number of rotatable bonds is 3. The summed E-state index contributed by atoms with van der Waals surface area (Å²) in [5.74, 6) is 0.358. The molecule has 2 aromatic rings. The summed E-state index contributed by atoms with van der Waals surface area (Å²) in [6, 6.07) is 8.21. The Hall–Kier alpha value is -1.81. The quantitative estimate of drug-likeness (QED) is 0.801. The van der Waals surface area contributed by atoms with E-state index in [1.165, 1.54) is 10.9 Å². The molecule has 1 aromatic carbocycles. The maximum Gasteiger partial charge on any atom is 0.223 e. The molecule has 0 spiro atoms. The van der Waals surface area contributed by atoms with Gasteiger partial charge in [0.25, 0.3) is 0 Å². The summed E-state index contributed by atoms with van der Waals surface area (Å²) in [6.07, 6.45) is 4.96. The summed E-state index contributed by atoms with van der Waals surface area (Å²) in [4.78, 5) is 15.5. The molecular weight excluding hydrogens is 250 g/mol. The second kappa shape index (κ2) is 6.09. The number of hydrogen-bond donors (Lipinski definition) is 3. The predicted octanol–water partition coefficient (Wildman–Crippen LogP) is 2.17. The molecule has 4 nitrogen and oxygen atoms in total. The van der Waals surface area contributed by atoms with Crippen LogP contribution in [-0.2, 0) is 11.3 Å². The van der Waals surface area contributed by atoms with Crippen LogP contribution in [0, 0.1) is 5.92 Å². The minimum absolute atomic E-state index is 0.162. The molecule has 1 aliphatic heterocycles. The number of H-pyrrole nitrogens is 1. The molecule has 1 fully saturated rings. The van der Waals surface area contributed by atoms with Gasteiger partial charge in [-0.15, -0.1) is 0 Å². The van der Waals surface area contributed by atoms with Crippen LogP contribution in [0.3, 0.4) is 0 Å². The molecule has 106 valence electrons. The van der Waals surface area contributed by atoms with Gasteiger partial charge in [0.15, 0.2) is 0 Å². The molecule has 0 aliphatic carbocycles. The highest BCUT2D eigenvalue weighted by molar-refractivity contribution is 5.84. The fourth-order valence-corrected chi connectivity index (χ4v) is 2.91. The van der Waals surface area contributed by atoms with Crippen LogP contribution in [0.2, 0.25) is 0 Å². The minimum atomic E-state index is 0.162. The van der Waals surface area contributed by atoms with E-state index in [2.05, 4.69) is 33.8 Å². The van der Waals surface area contributed by atoms with Crippen molar-refractivity contribution < 1.29 is 4.79 Å². The Kier molecular flexibility index (Phi) is 4.02. The van der Waals surface area contributed by atoms with Crippen molar-refractivity contribution in [1.29, 1.82) is 0 Å². The third-order valence-corrected chi connectivity index (χ3v) is 4.08. The summed E-state index contributed by atoms with van der Waals surface area (Å²) in [7, 11) is 0. The standard InChI is InChI=1S/C16H21N3O/c20-16(12-4-2-8-17-9-6-12)19-11-13-3-1-5-15-14(13)7-10-18-15/h1,3,5,7,10,12,17-18H,2,4,6,8-9,11H2,(H,19,20). The van der Waals surface area contributed by atoms with Gasteiger partial charge in [-0.2, -0.15) is 0 Å². The SMILES string of the molecule is O=C(NCc1cccc2[nH]ccc12)C1CCCNCC1. The lowest BCUT2D eigenvalue weighted by Crippen LogP contribution is -2.30. The number of hydrogen-bond acceptors (Lipinski definition) is 2. The lowest BCUT2D eigenvalue weighted by Gasteiger charge is -2.14. The maximum absolute atomic E-state index is 12.3. The monoisotopic (exact) mass is 271 g/mol. The van der Waals surface area contributed by atoms with Crippen molar-refractivity contribution in [1.82, 2.24) is 15.6 Å². The van der Waals surface area contributed by atoms with E-state index in [4.69, 9.17) is 0 Å². The van der Waals surface area contributed by atoms with Crippen LogP contribution in [-0.4, -0.2) is 24.0 Å². The van der Waals surface area contributed by atoms with Crippen LogP contribution in [0.5, 0.6) is 0 Å². The minimum Gasteiger partial charge on any atom is -0.361 e. The van der Waals surface area contributed by atoms with Crippen molar-refractivity contribution >= 4 is 16.8 Å². The average molecular weight is 271 g/mol. The molecule has 1 amide bonds. The largest absolute Gasteiger partial charge is 0.361 e. The highest BCUT2D eigenvalue weighted by atomic mass is 16.1. The van der Waals surface area contributed by atoms with Gasteiger partial charge in [-0.25, -0.2) is 0 Å². The van der Waals surface area contributed by atoms with Crippen LogP contribution in [0.15, 0.2) is 30.5 Å². The molecule has 1 saturated heterocycles. The second-order valence-electron chi connectivity index (χ2n) is 5.45. The van der Waals surface area contributed by atoms with E-state index in [1.54, 1.807) is 0 Å². The van der Waals surface area contributed by atoms with E-state index in [1.807, 2.05) is 12.3 Å². The predicted molar refractivity (Wildman–Crippen MR) is 80.4 cm³/mol. The molecule has 3 N–H and O–H groups in total. The van der Waals surface area contributed by atoms with E-state index in [-0.39, 0.29) is 11.8 Å². The highest BCUT2D eigenvalue weighted by Crippen LogP contribution is 2.18. The third-order valence-electron chi connectivity index (χ3n) is 4.08. The van der Waals surface area contributed by atoms with Crippen molar-refractivity contribution in [2.75, 3.05) is 13.1 Å². The van der Waals surface area contributed by atoms with Crippen molar-refractivity contribution in [3.05, 3.63) is 36.0 Å². The molecule has 2 heterocycles. The third kappa shape index (κ3) is 2.85. The van der Waals surface area contributed by atoms with Gasteiger partial charge in [-0.05, 0) is 50.0 Å². The number of amides is 1. The fraction of sp³-hybridized carbons (Fsp3) is 0.438. The van der Waals surface area contributed by atoms with E-state index in [0.29, 0.717) is 6.54 Å². The molecule has 0 saturated carbocycles. The first kappa shape index (κ1) is 13.2. The Morgan fingerprint density at radius 3 is 3.15 bits per heavy atom. The number of fused-ring (bicyclic) bond motifs is 1. The number of carbonyl (C=O) groups excluding carboxylic acids is 1. The van der Waals surface area contributed by atoms with Gasteiger partial charge in [0, 0.05) is 29.6 Å². The summed E-state index contributed by atoms with van der Waals surface area (Å²) >= 11 is 0. The lowest BCUT2D eigenvalue weighted by atomic mass is 9.99. The highest BCUT2D eigenvalue weighted by Gasteiger charge is 2.19. The summed E-state index contributed by atoms with van der Waals surface area (Å²) < 4.78 is 0. The molecule has 0 bridgehead atoms. The number of carbonyl (C=O) groups is 1. The molecule has 20 heavy (non-hydrogen) atoms. The number of aromatic nitrogens is 1. The summed E-state index contributed by atoms with van der Waals surface area (Å²) in [5.41, 5.74) is 2.29. The van der Waals surface area contributed by atoms with Crippen LogP contribution in [0.25, 0.3) is 10.9 Å². The van der Waals surface area contributed by atoms with Crippen molar-refractivity contribution in [2.45, 2.75) is 25.8 Å². The van der Waals surface area contributed by atoms with Gasteiger partial charge in [0.2, 0.25) is 5.91 Å². The first-order valence-corrected chi connectivity index (χ1v) is 7.38. The molecule has 1 aliphatic rings. The summed E-state index contributed by atoms with van der Waals surface area (Å²) in [6.45, 7) is 2.59. The van der Waals surface area contributed by atoms with Crippen LogP contribution in [0.1, 0.15) is 24.8 Å². The van der Waals surface area contributed by atoms with E-state index in [0.717, 1.165) is 37.9 Å². The van der Waals surface area contributed by atoms with E-state index < -0.39 is 0 Å². The average Bonchev–Trinajstić information content (AvgIpc) is 2.79. The normalized spacial score (nSPS) is 19.7. The van der Waals surface area contributed by atoms with E-state index >= 15 is 0 Å². The molecule has 0 radical (unpaired) electrons. The number of benzene rings is 1. The van der Waals surface area contributed by atoms with Crippen LogP contribution in [0.4, 0.5) is 0 Å². The van der Waals surface area contributed by atoms with Crippen LogP contribution >= 0.6 is 0 Å². The van der Waals surface area contributed by atoms with Gasteiger partial charge >= 0.3 is 0 Å². The Bertz CT molecular complexity index is 582. The smallest absolute Gasteiger partial charge is 0.223 e. The molecular formula is C16H21N3O. The van der Waals surface area contributed by atoms with E-state index in [9.17, 15) is 4.79 Å². The maximum atomic E-state index is 12.3. The van der Waals surface area contributed by atoms with Gasteiger partial charge in [-0.1, -0.05) is 12.1 Å². The summed E-state index contributed by atoms with van der Waals surface area (Å²) in [5, 5.41) is 7.63. The van der Waals surface area contributed by atoms with Crippen molar-refractivity contribution in [2.24, 2.45) is 5.92 Å². The molecule has 4 heteroatoms. The van der Waals surface area contributed by atoms with Gasteiger partial charge in [0.05, 0.1) is 0 Å². The fourth-order valence-electron chi connectivity index (χ4n) is 2.91. The number of aromatic amines is 1. The Morgan fingerprint density at radius 2 is 2.20 bits per heavy atom. The molecule has 1 unspecified atom stereocenters. The first-order valence-electron chi connectivity index (χ1n) is 7.38. The molecule has 1 aromatic heterocycles. The molecule has 3 rings (SSSR count). The lowest BCUT2D eigenvalue weighted by molar-refractivity contribution is -0.125. The van der Waals surface area contributed by atoms with Gasteiger partial charge < -0.3 is 15.6 Å². The molecule has 1 atom stereocenters.